The van der Waals surface area contributed by atoms with Crippen molar-refractivity contribution in [3.8, 4) is 22.9 Å². The first kappa shape index (κ1) is 115. The van der Waals surface area contributed by atoms with E-state index in [1.807, 2.05) is 191 Å². The highest BCUT2D eigenvalue weighted by atomic mass is 79.9. The third kappa shape index (κ3) is 36.9. The number of carboxylic acid groups (broad SMARTS) is 1. The molecule has 0 saturated carbocycles. The summed E-state index contributed by atoms with van der Waals surface area (Å²) in [7, 11) is 7.28. The molecule has 778 valence electrons. The molecule has 0 saturated heterocycles. The van der Waals surface area contributed by atoms with Crippen LogP contribution in [0, 0.1) is 0 Å². The second kappa shape index (κ2) is 54.4. The number of carbonyl (C=O) groups excluding carboxylic acids is 9. The van der Waals surface area contributed by atoms with Gasteiger partial charge in [0, 0.05) is 120 Å². The Morgan fingerprint density at radius 3 is 0.966 bits per heavy atom. The molecule has 0 aliphatic carbocycles. The monoisotopic (exact) mass is 2090 g/mol. The lowest BCUT2D eigenvalue weighted by molar-refractivity contribution is -0.128. The summed E-state index contributed by atoms with van der Waals surface area (Å²) in [6.07, 6.45) is 16.0. The van der Waals surface area contributed by atoms with Crippen LogP contribution >= 0.6 is 27.5 Å². The summed E-state index contributed by atoms with van der Waals surface area (Å²) in [6.45, 7) is 33.0. The standard InChI is InChI=1S/C23H33N3O5.C18H23NO4.C17H21NO4.C16H16ClN3O3.C14H15N3O2.C14H18N2O.C8H7BrO2/c1-22(2,3)30-20(28)25(7)24-19(27)18-10-8-16(9-11-18)17-12-14-26(15-13-17)21(29)31-23(4,5)6;1-18(2,3)23-17(21)19-11-9-14(10-12-19)13-5-7-15(8-6-13)16(20)22-4;1-17(2,3)22-16(21)18-10-8-13(9-11-18)12-4-6-14(7-5-12)15(19)20;1-19-16(22)23-15(18-19)13-4-2-11(3-5-13)12-6-8-20(9-7-12)14(21)10-17;1-17-14(18)19-13(16-17)12-4-2-10(3-5-12)11-6-8-15-9-7-11;1-2-16-14(17)13-5-3-11(4-6-13)12-7-9-15-10-8-12;1-11-8(10)6-2-4-7(9)5-3-6/h8-12H,13-15H2,1-7H3,(H,24,27);5-9H,10-12H2,1-4H3;4-8H,9-11H2,1-3H3,(H,19,20);2-6H,7-10H2,1H3;2-6,15H,7-9H2,1H3;3-7,15H,2,8-10H2,1H3,(H,16,17);2-5H,1H3. The lowest BCUT2D eigenvalue weighted by Gasteiger charge is -2.29. The number of nitrogens with zero attached hydrogens (tertiary/aromatic N) is 9. The number of hydrazine groups is 1. The van der Waals surface area contributed by atoms with Crippen molar-refractivity contribution < 1.29 is 90.3 Å². The fraction of sp³-hybridized carbons (Fsp3) is 0.382. The second-order valence-electron chi connectivity index (χ2n) is 38.2. The largest absolute Gasteiger partial charge is 0.478 e. The molecular formula is C110H133BrClN13O21. The number of nitrogens with one attached hydrogen (secondary N) is 4. The van der Waals surface area contributed by atoms with Crippen LogP contribution in [0.15, 0.2) is 229 Å². The Hall–Kier alpha value is -14.6. The van der Waals surface area contributed by atoms with E-state index in [-0.39, 0.29) is 53.5 Å². The number of hydrogen-bond acceptors (Lipinski definition) is 24. The predicted octanol–water partition coefficient (Wildman–Crippen LogP) is 18.5. The molecule has 0 radical (unpaired) electrons. The summed E-state index contributed by atoms with van der Waals surface area (Å²) >= 11 is 8.84. The van der Waals surface area contributed by atoms with Crippen LogP contribution < -0.4 is 32.9 Å². The number of ether oxygens (including phenoxy) is 6. The van der Waals surface area contributed by atoms with Crippen molar-refractivity contribution in [2.75, 3.05) is 112 Å². The van der Waals surface area contributed by atoms with E-state index in [1.165, 1.54) is 59.4 Å². The SMILES string of the molecule is CC(C)(C)OC(=O)N1CC=C(c2ccc(C(=O)O)cc2)CC1.CCNC(=O)c1ccc(C2=CCNCC2)cc1.CN(NC(=O)c1ccc(C2=CCN(C(=O)OC(C)(C)C)CC2)cc1)C(=O)OC(C)(C)C.COC(=O)c1ccc(Br)cc1.COC(=O)c1ccc(C2=CCN(C(=O)OC(C)(C)C)CC2)cc1.Cn1nc(-c2ccc(C3=CCN(C(=O)CCl)CC3)cc2)oc1=O.Cn1nc(-c2ccc(C3=CCNCC3)cc2)oc1=O. The molecule has 36 heteroatoms. The molecule has 8 heterocycles. The van der Waals surface area contributed by atoms with Gasteiger partial charge in [0.1, 0.15) is 28.3 Å². The minimum atomic E-state index is -0.930. The Labute approximate surface area is 864 Å². The third-order valence-corrected chi connectivity index (χ3v) is 23.3. The number of hydrogen-bond donors (Lipinski definition) is 5. The molecule has 0 fully saturated rings. The third-order valence-electron chi connectivity index (χ3n) is 22.5. The topological polar surface area (TPSA) is 407 Å². The van der Waals surface area contributed by atoms with Crippen molar-refractivity contribution in [1.29, 1.82) is 0 Å². The zero-order valence-corrected chi connectivity index (χ0v) is 88.5. The number of carbonyl (C=O) groups is 10. The number of aryl methyl sites for hydroxylation is 2. The number of aromatic nitrogens is 4. The normalized spacial score (nSPS) is 14.5. The Morgan fingerprint density at radius 1 is 0.411 bits per heavy atom. The van der Waals surface area contributed by atoms with E-state index in [9.17, 15) is 57.5 Å². The summed E-state index contributed by atoms with van der Waals surface area (Å²) in [5.41, 5.74) is 18.3. The van der Waals surface area contributed by atoms with Gasteiger partial charge in [-0.25, -0.2) is 48.2 Å². The molecular weight excluding hydrogens is 1950 g/mol. The minimum Gasteiger partial charge on any atom is -0.478 e. The van der Waals surface area contributed by atoms with Gasteiger partial charge >= 0.3 is 53.8 Å². The molecule has 7 amide bonds. The van der Waals surface area contributed by atoms with Crippen LogP contribution in [0.3, 0.4) is 0 Å². The quantitative estimate of drug-likeness (QED) is 0.0275. The predicted molar refractivity (Wildman–Crippen MR) is 565 cm³/mol. The first-order chi connectivity index (χ1) is 69.2. The van der Waals surface area contributed by atoms with Crippen LogP contribution in [0.25, 0.3) is 56.3 Å². The summed E-state index contributed by atoms with van der Waals surface area (Å²) in [5.74, 6) is -2.27. The Morgan fingerprint density at radius 2 is 0.699 bits per heavy atom. The lowest BCUT2D eigenvalue weighted by Crippen LogP contribution is -2.45. The van der Waals surface area contributed by atoms with Gasteiger partial charge in [-0.15, -0.1) is 21.8 Å². The number of esters is 2. The number of amides is 7. The molecule has 34 nitrogen and oxygen atoms in total. The number of rotatable bonds is 15. The number of benzene rings is 7. The fourth-order valence-electron chi connectivity index (χ4n) is 14.9. The maximum absolute atomic E-state index is 12.4. The molecule has 6 aliphatic rings. The maximum atomic E-state index is 12.4. The summed E-state index contributed by atoms with van der Waals surface area (Å²) in [4.78, 5) is 146. The van der Waals surface area contributed by atoms with Crippen LogP contribution in [-0.4, -0.2) is 244 Å². The van der Waals surface area contributed by atoms with Crippen LogP contribution in [0.2, 0.25) is 0 Å². The molecule has 0 atom stereocenters. The Bertz CT molecular complexity index is 6310. The van der Waals surface area contributed by atoms with E-state index < -0.39 is 51.9 Å². The number of carboxylic acids is 1. The zero-order valence-electron chi connectivity index (χ0n) is 86.2. The van der Waals surface area contributed by atoms with Crippen molar-refractivity contribution in [2.45, 2.75) is 151 Å². The highest BCUT2D eigenvalue weighted by Gasteiger charge is 2.30. The summed E-state index contributed by atoms with van der Waals surface area (Å²) < 4.78 is 44.0. The van der Waals surface area contributed by atoms with E-state index in [0.29, 0.717) is 93.8 Å². The Kier molecular flexibility index (Phi) is 42.9. The summed E-state index contributed by atoms with van der Waals surface area (Å²) in [5, 5.41) is 27.4. The molecule has 6 aliphatic heterocycles. The maximum Gasteiger partial charge on any atom is 0.437 e. The van der Waals surface area contributed by atoms with E-state index in [1.54, 1.807) is 127 Å². The van der Waals surface area contributed by atoms with Gasteiger partial charge in [0.25, 0.3) is 11.8 Å². The van der Waals surface area contributed by atoms with Crippen molar-refractivity contribution in [3.63, 3.8) is 0 Å². The van der Waals surface area contributed by atoms with Gasteiger partial charge < -0.3 is 77.9 Å². The van der Waals surface area contributed by atoms with Crippen LogP contribution in [0.4, 0.5) is 19.2 Å². The minimum absolute atomic E-state index is 0.00154. The fourth-order valence-corrected chi connectivity index (χ4v) is 15.3. The van der Waals surface area contributed by atoms with Gasteiger partial charge in [-0.3, -0.25) is 19.8 Å². The van der Waals surface area contributed by atoms with Crippen molar-refractivity contribution in [3.05, 3.63) is 293 Å². The highest BCUT2D eigenvalue weighted by molar-refractivity contribution is 9.10. The van der Waals surface area contributed by atoms with Crippen LogP contribution in [-0.2, 0) is 47.3 Å². The molecule has 0 unspecified atom stereocenters. The van der Waals surface area contributed by atoms with Gasteiger partial charge in [-0.2, -0.15) is 9.36 Å². The molecule has 146 heavy (non-hydrogen) atoms. The average Bonchev–Trinajstić information content (AvgIpc) is 1.46. The highest BCUT2D eigenvalue weighted by Crippen LogP contribution is 2.32. The van der Waals surface area contributed by atoms with Gasteiger partial charge in [-0.05, 0) is 306 Å². The van der Waals surface area contributed by atoms with Gasteiger partial charge in [-0.1, -0.05) is 125 Å². The number of aromatic carboxylic acids is 1. The van der Waals surface area contributed by atoms with Crippen molar-refractivity contribution in [2.24, 2.45) is 14.1 Å². The molecule has 9 aromatic rings. The van der Waals surface area contributed by atoms with Crippen LogP contribution in [0.1, 0.15) is 214 Å². The second-order valence-corrected chi connectivity index (χ2v) is 39.4. The van der Waals surface area contributed by atoms with Crippen molar-refractivity contribution >= 4 is 121 Å². The molecule has 7 aromatic carbocycles. The van der Waals surface area contributed by atoms with E-state index in [0.717, 1.165) is 123 Å². The smallest absolute Gasteiger partial charge is 0.437 e. The first-order valence-electron chi connectivity index (χ1n) is 47.9. The van der Waals surface area contributed by atoms with Crippen molar-refractivity contribution in [1.82, 2.24) is 65.5 Å². The number of methoxy groups -OCH3 is 2. The van der Waals surface area contributed by atoms with E-state index >= 15 is 0 Å². The zero-order chi connectivity index (χ0) is 107. The molecule has 0 spiro atoms. The average molecular weight is 2090 g/mol. The number of alkyl halides is 1. The Balaban J connectivity index is 0.000000192. The summed E-state index contributed by atoms with van der Waals surface area (Å²) in [6, 6.07) is 51.7. The molecule has 0 bridgehead atoms. The van der Waals surface area contributed by atoms with Gasteiger partial charge in [0.05, 0.1) is 30.9 Å². The molecule has 2 aromatic heterocycles. The number of halogens is 2. The molecule has 5 N–H and O–H groups in total. The van der Waals surface area contributed by atoms with E-state index in [2.05, 4.69) is 64.4 Å². The van der Waals surface area contributed by atoms with E-state index in [4.69, 9.17) is 49.2 Å². The van der Waals surface area contributed by atoms with Crippen LogP contribution in [0.5, 0.6) is 0 Å². The van der Waals surface area contributed by atoms with Gasteiger partial charge in [0.2, 0.25) is 17.7 Å². The molecule has 15 rings (SSSR count). The first-order valence-corrected chi connectivity index (χ1v) is 49.3. The van der Waals surface area contributed by atoms with Gasteiger partial charge in [0.15, 0.2) is 0 Å². The lowest BCUT2D eigenvalue weighted by atomic mass is 9.98.